The molecule has 0 saturated carbocycles. The maximum absolute atomic E-state index is 12.2. The van der Waals surface area contributed by atoms with Crippen LogP contribution in [0.1, 0.15) is 31.0 Å². The Hall–Kier alpha value is -1.84. The van der Waals surface area contributed by atoms with Crippen LogP contribution in [0.4, 0.5) is 0 Å². The first kappa shape index (κ1) is 11.6. The number of hydrogen-bond acceptors (Lipinski definition) is 3. The molecule has 0 radical (unpaired) electrons. The van der Waals surface area contributed by atoms with Gasteiger partial charge in [-0.1, -0.05) is 13.3 Å². The maximum atomic E-state index is 12.2. The van der Waals surface area contributed by atoms with Gasteiger partial charge in [-0.05, 0) is 31.9 Å². The van der Waals surface area contributed by atoms with Gasteiger partial charge in [-0.3, -0.25) is 9.20 Å². The van der Waals surface area contributed by atoms with E-state index < -0.39 is 0 Å². The Labute approximate surface area is 99.6 Å². The smallest absolute Gasteiger partial charge is 0.261 e. The molecule has 0 aliphatic rings. The van der Waals surface area contributed by atoms with Crippen LogP contribution in [0.25, 0.3) is 5.65 Å². The van der Waals surface area contributed by atoms with Crippen LogP contribution in [0.5, 0.6) is 5.75 Å². The zero-order valence-electron chi connectivity index (χ0n) is 10.1. The van der Waals surface area contributed by atoms with Crippen molar-refractivity contribution in [3.8, 4) is 5.75 Å². The molecule has 0 atom stereocenters. The third kappa shape index (κ3) is 2.02. The van der Waals surface area contributed by atoms with E-state index in [4.69, 9.17) is 0 Å². The summed E-state index contributed by atoms with van der Waals surface area (Å²) in [5, 5.41) is 9.66. The molecule has 4 heteroatoms. The van der Waals surface area contributed by atoms with Crippen molar-refractivity contribution < 1.29 is 5.11 Å². The molecule has 0 aliphatic carbocycles. The molecule has 90 valence electrons. The molecule has 0 unspecified atom stereocenters. The van der Waals surface area contributed by atoms with Gasteiger partial charge in [0.2, 0.25) is 0 Å². The molecule has 1 N–H and O–H groups in total. The van der Waals surface area contributed by atoms with Gasteiger partial charge in [-0.15, -0.1) is 0 Å². The molecule has 17 heavy (non-hydrogen) atoms. The zero-order valence-corrected chi connectivity index (χ0v) is 10.1. The first-order valence-electron chi connectivity index (χ1n) is 5.85. The second kappa shape index (κ2) is 4.57. The van der Waals surface area contributed by atoms with Crippen molar-refractivity contribution in [1.82, 2.24) is 9.38 Å². The van der Waals surface area contributed by atoms with Crippen LogP contribution in [0, 0.1) is 6.92 Å². The fourth-order valence-corrected chi connectivity index (χ4v) is 1.93. The van der Waals surface area contributed by atoms with Gasteiger partial charge < -0.3 is 5.11 Å². The Morgan fingerprint density at radius 3 is 2.94 bits per heavy atom. The zero-order chi connectivity index (χ0) is 12.4. The lowest BCUT2D eigenvalue weighted by Crippen LogP contribution is -2.21. The van der Waals surface area contributed by atoms with Gasteiger partial charge in [-0.25, -0.2) is 4.98 Å². The Morgan fingerprint density at radius 2 is 2.24 bits per heavy atom. The van der Waals surface area contributed by atoms with Crippen molar-refractivity contribution in [3.05, 3.63) is 39.9 Å². The molecule has 0 fully saturated rings. The van der Waals surface area contributed by atoms with Gasteiger partial charge in [0.05, 0.1) is 0 Å². The number of aromatic nitrogens is 2. The average molecular weight is 232 g/mol. The molecule has 0 amide bonds. The van der Waals surface area contributed by atoms with E-state index in [1.54, 1.807) is 12.3 Å². The van der Waals surface area contributed by atoms with Crippen molar-refractivity contribution in [2.75, 3.05) is 0 Å². The van der Waals surface area contributed by atoms with E-state index in [1.807, 2.05) is 6.92 Å². The lowest BCUT2D eigenvalue weighted by molar-refractivity contribution is 0.476. The van der Waals surface area contributed by atoms with E-state index in [0.29, 0.717) is 11.3 Å². The summed E-state index contributed by atoms with van der Waals surface area (Å²) < 4.78 is 1.41. The molecule has 0 aromatic carbocycles. The molecule has 0 bridgehead atoms. The molecule has 0 spiro atoms. The van der Waals surface area contributed by atoms with Crippen LogP contribution in [-0.4, -0.2) is 14.5 Å². The average Bonchev–Trinajstić information content (AvgIpc) is 2.31. The highest BCUT2D eigenvalue weighted by Crippen LogP contribution is 2.15. The lowest BCUT2D eigenvalue weighted by Gasteiger charge is -2.08. The third-order valence-corrected chi connectivity index (χ3v) is 2.91. The third-order valence-electron chi connectivity index (χ3n) is 2.91. The van der Waals surface area contributed by atoms with E-state index >= 15 is 0 Å². The molecule has 2 rings (SSSR count). The van der Waals surface area contributed by atoms with Crippen LogP contribution in [0.2, 0.25) is 0 Å². The molecular formula is C13H16N2O2. The monoisotopic (exact) mass is 232 g/mol. The summed E-state index contributed by atoms with van der Waals surface area (Å²) in [7, 11) is 0. The summed E-state index contributed by atoms with van der Waals surface area (Å²) >= 11 is 0. The van der Waals surface area contributed by atoms with Crippen LogP contribution in [0.3, 0.4) is 0 Å². The number of fused-ring (bicyclic) bond motifs is 1. The topological polar surface area (TPSA) is 54.6 Å². The van der Waals surface area contributed by atoms with E-state index in [9.17, 15) is 9.90 Å². The van der Waals surface area contributed by atoms with Crippen LogP contribution in [0.15, 0.2) is 23.1 Å². The molecule has 0 aliphatic heterocycles. The first-order chi connectivity index (χ1) is 8.15. The molecular weight excluding hydrogens is 216 g/mol. The van der Waals surface area contributed by atoms with E-state index in [1.165, 1.54) is 10.5 Å². The number of pyridine rings is 1. The summed E-state index contributed by atoms with van der Waals surface area (Å²) in [4.78, 5) is 16.5. The summed E-state index contributed by atoms with van der Waals surface area (Å²) in [5.74, 6) is 0.0368. The highest BCUT2D eigenvalue weighted by atomic mass is 16.3. The first-order valence-corrected chi connectivity index (χ1v) is 5.85. The predicted molar refractivity (Wildman–Crippen MR) is 66.5 cm³/mol. The molecule has 2 heterocycles. The standard InChI is InChI=1S/C13H16N2O2/c1-3-4-6-10-9(2)14-12-11(16)7-5-8-15(12)13(10)17/h5,7-8,16H,3-4,6H2,1-2H3. The van der Waals surface area contributed by atoms with Crippen LogP contribution >= 0.6 is 0 Å². The quantitative estimate of drug-likeness (QED) is 0.881. The molecule has 2 aromatic heterocycles. The van der Waals surface area contributed by atoms with Gasteiger partial charge in [0.25, 0.3) is 5.56 Å². The van der Waals surface area contributed by atoms with Crippen molar-refractivity contribution in [3.63, 3.8) is 0 Å². The Morgan fingerprint density at radius 1 is 1.47 bits per heavy atom. The normalized spacial score (nSPS) is 10.9. The number of nitrogens with zero attached hydrogens (tertiary/aromatic N) is 2. The molecule has 4 nitrogen and oxygen atoms in total. The van der Waals surface area contributed by atoms with E-state index in [-0.39, 0.29) is 11.3 Å². The summed E-state index contributed by atoms with van der Waals surface area (Å²) in [5.41, 5.74) is 1.71. The number of unbranched alkanes of at least 4 members (excludes halogenated alkanes) is 1. The van der Waals surface area contributed by atoms with Crippen molar-refractivity contribution in [2.45, 2.75) is 33.1 Å². The highest BCUT2D eigenvalue weighted by molar-refractivity contribution is 5.53. The van der Waals surface area contributed by atoms with Gasteiger partial charge >= 0.3 is 0 Å². The van der Waals surface area contributed by atoms with E-state index in [2.05, 4.69) is 11.9 Å². The number of hydrogen-bond donors (Lipinski definition) is 1. The largest absolute Gasteiger partial charge is 0.504 e. The second-order valence-corrected chi connectivity index (χ2v) is 4.17. The number of aromatic hydroxyl groups is 1. The second-order valence-electron chi connectivity index (χ2n) is 4.17. The van der Waals surface area contributed by atoms with E-state index in [0.717, 1.165) is 24.8 Å². The number of rotatable bonds is 3. The minimum Gasteiger partial charge on any atom is -0.504 e. The Kier molecular flexibility index (Phi) is 3.13. The fraction of sp³-hybridized carbons (Fsp3) is 0.385. The summed E-state index contributed by atoms with van der Waals surface area (Å²) in [6, 6.07) is 3.18. The van der Waals surface area contributed by atoms with Crippen molar-refractivity contribution >= 4 is 5.65 Å². The molecule has 2 aromatic rings. The van der Waals surface area contributed by atoms with Gasteiger partial charge in [0.1, 0.15) is 0 Å². The van der Waals surface area contributed by atoms with Crippen LogP contribution in [-0.2, 0) is 6.42 Å². The molecule has 0 saturated heterocycles. The van der Waals surface area contributed by atoms with Gasteiger partial charge in [0.15, 0.2) is 11.4 Å². The SMILES string of the molecule is CCCCc1c(C)nc2c(O)cccn2c1=O. The van der Waals surface area contributed by atoms with Crippen molar-refractivity contribution in [2.24, 2.45) is 0 Å². The van der Waals surface area contributed by atoms with Crippen LogP contribution < -0.4 is 5.56 Å². The van der Waals surface area contributed by atoms with Crippen molar-refractivity contribution in [1.29, 1.82) is 0 Å². The van der Waals surface area contributed by atoms with Gasteiger partial charge in [-0.2, -0.15) is 0 Å². The Bertz CT molecular complexity index is 602. The summed E-state index contributed by atoms with van der Waals surface area (Å²) in [6.45, 7) is 3.91. The lowest BCUT2D eigenvalue weighted by atomic mass is 10.1. The summed E-state index contributed by atoms with van der Waals surface area (Å²) in [6.07, 6.45) is 4.40. The number of aryl methyl sites for hydroxylation is 1. The highest BCUT2D eigenvalue weighted by Gasteiger charge is 2.10. The Balaban J connectivity index is 2.68. The van der Waals surface area contributed by atoms with Gasteiger partial charge in [0, 0.05) is 17.5 Å². The predicted octanol–water partition coefficient (Wildman–Crippen LogP) is 2.05. The maximum Gasteiger partial charge on any atom is 0.261 e. The minimum absolute atomic E-state index is 0.0368. The minimum atomic E-state index is -0.0724. The fourth-order valence-electron chi connectivity index (χ4n) is 1.93.